The second kappa shape index (κ2) is 6.96. The van der Waals surface area contributed by atoms with Crippen LogP contribution < -0.4 is 10.6 Å². The van der Waals surface area contributed by atoms with Crippen LogP contribution in [0.2, 0.25) is 5.02 Å². The van der Waals surface area contributed by atoms with Crippen molar-refractivity contribution in [2.24, 2.45) is 12.8 Å². The Morgan fingerprint density at radius 2 is 2.19 bits per heavy atom. The minimum Gasteiger partial charge on any atom is -0.366 e. The number of hydrogen-bond acceptors (Lipinski definition) is 3. The highest BCUT2D eigenvalue weighted by molar-refractivity contribution is 6.33. The summed E-state index contributed by atoms with van der Waals surface area (Å²) in [6, 6.07) is 6.17. The molecule has 2 N–H and O–H groups in total. The Hall–Kier alpha value is -1.52. The summed E-state index contributed by atoms with van der Waals surface area (Å²) >= 11 is 6.42. The van der Waals surface area contributed by atoms with Gasteiger partial charge in [0, 0.05) is 32.5 Å². The van der Waals surface area contributed by atoms with Crippen LogP contribution in [0, 0.1) is 0 Å². The third-order valence-corrected chi connectivity index (χ3v) is 4.06. The number of halogens is 1. The number of rotatable bonds is 6. The number of nitrogens with two attached hydrogens (primary N) is 1. The van der Waals surface area contributed by atoms with E-state index in [0.29, 0.717) is 6.54 Å². The molecule has 1 unspecified atom stereocenters. The van der Waals surface area contributed by atoms with Crippen LogP contribution in [0.5, 0.6) is 0 Å². The SMILES string of the molecule is CCC(N)Cc1cccc(Cl)c1N(C)Cc1nccn1C. The second-order valence-corrected chi connectivity index (χ2v) is 5.84. The summed E-state index contributed by atoms with van der Waals surface area (Å²) in [5.41, 5.74) is 8.34. The van der Waals surface area contributed by atoms with Crippen molar-refractivity contribution in [3.63, 3.8) is 0 Å². The fourth-order valence-corrected chi connectivity index (χ4v) is 2.76. The molecule has 0 radical (unpaired) electrons. The van der Waals surface area contributed by atoms with E-state index in [2.05, 4.69) is 22.9 Å². The fourth-order valence-electron chi connectivity index (χ4n) is 2.42. The van der Waals surface area contributed by atoms with E-state index in [1.807, 2.05) is 43.2 Å². The van der Waals surface area contributed by atoms with E-state index in [1.165, 1.54) is 5.56 Å². The van der Waals surface area contributed by atoms with Gasteiger partial charge in [-0.3, -0.25) is 0 Å². The maximum Gasteiger partial charge on any atom is 0.127 e. The molecule has 1 atom stereocenters. The van der Waals surface area contributed by atoms with E-state index in [4.69, 9.17) is 17.3 Å². The molecule has 114 valence electrons. The van der Waals surface area contributed by atoms with Crippen LogP contribution in [-0.2, 0) is 20.0 Å². The van der Waals surface area contributed by atoms with Crippen molar-refractivity contribution in [1.29, 1.82) is 0 Å². The molecular weight excluding hydrogens is 284 g/mol. The Balaban J connectivity index is 2.26. The van der Waals surface area contributed by atoms with Gasteiger partial charge in [0.05, 0.1) is 17.3 Å². The Kier molecular flexibility index (Phi) is 5.26. The predicted molar refractivity (Wildman–Crippen MR) is 88.7 cm³/mol. The summed E-state index contributed by atoms with van der Waals surface area (Å²) < 4.78 is 2.02. The van der Waals surface area contributed by atoms with Crippen LogP contribution >= 0.6 is 11.6 Å². The number of aromatic nitrogens is 2. The number of nitrogens with zero attached hydrogens (tertiary/aromatic N) is 3. The van der Waals surface area contributed by atoms with Gasteiger partial charge < -0.3 is 15.2 Å². The molecule has 0 bridgehead atoms. The molecule has 0 fully saturated rings. The molecule has 4 nitrogen and oxygen atoms in total. The lowest BCUT2D eigenvalue weighted by atomic mass is 10.0. The monoisotopic (exact) mass is 306 g/mol. The van der Waals surface area contributed by atoms with Gasteiger partial charge >= 0.3 is 0 Å². The van der Waals surface area contributed by atoms with Crippen LogP contribution in [-0.4, -0.2) is 22.6 Å². The van der Waals surface area contributed by atoms with Gasteiger partial charge in [-0.1, -0.05) is 30.7 Å². The molecule has 1 heterocycles. The third kappa shape index (κ3) is 3.77. The first kappa shape index (κ1) is 15.9. The highest BCUT2D eigenvalue weighted by Gasteiger charge is 2.15. The van der Waals surface area contributed by atoms with E-state index < -0.39 is 0 Å². The van der Waals surface area contributed by atoms with E-state index in [9.17, 15) is 0 Å². The lowest BCUT2D eigenvalue weighted by molar-refractivity contribution is 0.644. The van der Waals surface area contributed by atoms with Crippen molar-refractivity contribution in [3.8, 4) is 0 Å². The number of benzene rings is 1. The molecule has 0 aliphatic heterocycles. The summed E-state index contributed by atoms with van der Waals surface area (Å²) in [4.78, 5) is 6.51. The number of anilines is 1. The largest absolute Gasteiger partial charge is 0.366 e. The summed E-state index contributed by atoms with van der Waals surface area (Å²) in [7, 11) is 4.04. The Morgan fingerprint density at radius 3 is 2.81 bits per heavy atom. The van der Waals surface area contributed by atoms with Crippen molar-refractivity contribution >= 4 is 17.3 Å². The van der Waals surface area contributed by atoms with Gasteiger partial charge in [0.1, 0.15) is 5.82 Å². The molecule has 1 aromatic carbocycles. The Labute approximate surface area is 131 Å². The maximum atomic E-state index is 6.42. The van der Waals surface area contributed by atoms with Crippen LogP contribution in [0.15, 0.2) is 30.6 Å². The van der Waals surface area contributed by atoms with Crippen LogP contribution in [0.25, 0.3) is 0 Å². The average Bonchev–Trinajstić information content (AvgIpc) is 2.84. The first-order chi connectivity index (χ1) is 10.0. The minimum atomic E-state index is 0.156. The molecule has 0 amide bonds. The predicted octanol–water partition coefficient (Wildman–Crippen LogP) is 2.99. The Morgan fingerprint density at radius 1 is 1.43 bits per heavy atom. The van der Waals surface area contributed by atoms with E-state index in [0.717, 1.165) is 29.4 Å². The van der Waals surface area contributed by atoms with Gasteiger partial charge in [0.25, 0.3) is 0 Å². The topological polar surface area (TPSA) is 47.1 Å². The van der Waals surface area contributed by atoms with Gasteiger partial charge in [0.2, 0.25) is 0 Å². The molecule has 1 aromatic heterocycles. The average molecular weight is 307 g/mol. The van der Waals surface area contributed by atoms with Gasteiger partial charge in [-0.25, -0.2) is 4.98 Å². The van der Waals surface area contributed by atoms with Crippen molar-refractivity contribution < 1.29 is 0 Å². The minimum absolute atomic E-state index is 0.156. The van der Waals surface area contributed by atoms with E-state index >= 15 is 0 Å². The first-order valence-corrected chi connectivity index (χ1v) is 7.61. The number of para-hydroxylation sites is 1. The molecule has 2 rings (SSSR count). The summed E-state index contributed by atoms with van der Waals surface area (Å²) in [5, 5.41) is 0.757. The molecule has 0 saturated heterocycles. The molecule has 5 heteroatoms. The third-order valence-electron chi connectivity index (χ3n) is 3.76. The normalized spacial score (nSPS) is 12.4. The molecule has 0 aliphatic carbocycles. The van der Waals surface area contributed by atoms with Crippen LogP contribution in [0.4, 0.5) is 5.69 Å². The van der Waals surface area contributed by atoms with Gasteiger partial charge in [-0.15, -0.1) is 0 Å². The van der Waals surface area contributed by atoms with Crippen molar-refractivity contribution in [1.82, 2.24) is 9.55 Å². The maximum absolute atomic E-state index is 6.42. The van der Waals surface area contributed by atoms with E-state index in [1.54, 1.807) is 0 Å². The van der Waals surface area contributed by atoms with Crippen molar-refractivity contribution in [2.75, 3.05) is 11.9 Å². The van der Waals surface area contributed by atoms with Gasteiger partial charge in [-0.05, 0) is 24.5 Å². The van der Waals surface area contributed by atoms with Crippen LogP contribution in [0.1, 0.15) is 24.7 Å². The zero-order chi connectivity index (χ0) is 15.4. The highest BCUT2D eigenvalue weighted by Crippen LogP contribution is 2.31. The summed E-state index contributed by atoms with van der Waals surface area (Å²) in [6.45, 7) is 2.81. The lowest BCUT2D eigenvalue weighted by Crippen LogP contribution is -2.25. The number of aryl methyl sites for hydroxylation is 1. The zero-order valence-electron chi connectivity index (χ0n) is 12.9. The molecule has 0 saturated carbocycles. The molecular formula is C16H23ClN4. The summed E-state index contributed by atoms with van der Waals surface area (Å²) in [5.74, 6) is 1.00. The van der Waals surface area contributed by atoms with Crippen molar-refractivity contribution in [3.05, 3.63) is 47.0 Å². The van der Waals surface area contributed by atoms with Crippen molar-refractivity contribution in [2.45, 2.75) is 32.4 Å². The smallest absolute Gasteiger partial charge is 0.127 e. The first-order valence-electron chi connectivity index (χ1n) is 7.23. The standard InChI is InChI=1S/C16H23ClN4/c1-4-13(18)10-12-6-5-7-14(17)16(12)21(3)11-15-19-8-9-20(15)2/h5-9,13H,4,10-11,18H2,1-3H3. The molecule has 0 aliphatic rings. The lowest BCUT2D eigenvalue weighted by Gasteiger charge is -2.24. The van der Waals surface area contributed by atoms with Gasteiger partial charge in [-0.2, -0.15) is 0 Å². The Bertz CT molecular complexity index is 594. The molecule has 2 aromatic rings. The fraction of sp³-hybridized carbons (Fsp3) is 0.438. The molecule has 21 heavy (non-hydrogen) atoms. The zero-order valence-corrected chi connectivity index (χ0v) is 13.6. The number of hydrogen-bond donors (Lipinski definition) is 1. The number of imidazole rings is 1. The summed E-state index contributed by atoms with van der Waals surface area (Å²) in [6.07, 6.45) is 5.54. The highest BCUT2D eigenvalue weighted by atomic mass is 35.5. The van der Waals surface area contributed by atoms with Crippen LogP contribution in [0.3, 0.4) is 0 Å². The second-order valence-electron chi connectivity index (χ2n) is 5.43. The molecule has 0 spiro atoms. The van der Waals surface area contributed by atoms with Gasteiger partial charge in [0.15, 0.2) is 0 Å². The quantitative estimate of drug-likeness (QED) is 0.892. The van der Waals surface area contributed by atoms with E-state index in [-0.39, 0.29) is 6.04 Å².